The van der Waals surface area contributed by atoms with Gasteiger partial charge in [-0.3, -0.25) is 9.59 Å². The molecule has 4 aliphatic carbocycles. The summed E-state index contributed by atoms with van der Waals surface area (Å²) in [6.07, 6.45) is 4.58. The Balaban J connectivity index is 1.44. The van der Waals surface area contributed by atoms with Crippen LogP contribution in [0.1, 0.15) is 38.2 Å². The van der Waals surface area contributed by atoms with Crippen LogP contribution in [0.4, 0.5) is 0 Å². The van der Waals surface area contributed by atoms with Crippen LogP contribution in [0.5, 0.6) is 0 Å². The Morgan fingerprint density at radius 1 is 1.33 bits per heavy atom. The third-order valence-electron chi connectivity index (χ3n) is 9.52. The molecular weight excluding hydrogens is 442 g/mol. The second kappa shape index (κ2) is 6.49. The summed E-state index contributed by atoms with van der Waals surface area (Å²) >= 11 is 5.98. The van der Waals surface area contributed by atoms with Crippen molar-refractivity contribution in [2.75, 3.05) is 0 Å². The van der Waals surface area contributed by atoms with E-state index in [1.54, 1.807) is 25.1 Å². The summed E-state index contributed by atoms with van der Waals surface area (Å²) in [4.78, 5) is 27.1. The van der Waals surface area contributed by atoms with Crippen LogP contribution in [-0.2, 0) is 20.9 Å². The number of amides is 1. The standard InChI is InChI=1S/C26H28ClNO5/c1-14-11-24-13-25(14,32)9-7-17(24)26-10-8-18(29)23(2,22(31)33-26)20(26)19(24)21(30)28-12-15-3-5-16(27)6-4-15/h3-6,8,10,17-20,29,32H,1,7,9,11-13H2,2H3,(H,28,30)/t17-,18+,19-,20-,23+,24+,25+,26-/m1/s1. The van der Waals surface area contributed by atoms with Crippen LogP contribution in [0, 0.1) is 28.6 Å². The molecule has 0 aromatic heterocycles. The molecule has 1 spiro atoms. The fraction of sp³-hybridized carbons (Fsp3) is 0.538. The molecule has 3 N–H and O–H groups in total. The number of benzene rings is 1. The van der Waals surface area contributed by atoms with Crippen molar-refractivity contribution in [3.05, 3.63) is 59.2 Å². The number of halogens is 1. The number of fused-ring (bicyclic) bond motifs is 1. The van der Waals surface area contributed by atoms with Crippen molar-refractivity contribution >= 4 is 23.5 Å². The number of ether oxygens (including phenoxy) is 1. The first kappa shape index (κ1) is 21.4. The van der Waals surface area contributed by atoms with Gasteiger partial charge in [0.05, 0.1) is 17.6 Å². The summed E-state index contributed by atoms with van der Waals surface area (Å²) in [6.45, 7) is 6.22. The number of nitrogens with one attached hydrogen (secondary N) is 1. The summed E-state index contributed by atoms with van der Waals surface area (Å²) in [5, 5.41) is 25.9. The third kappa shape index (κ3) is 2.47. The number of aliphatic hydroxyl groups excluding tert-OH is 1. The predicted octanol–water partition coefficient (Wildman–Crippen LogP) is 2.91. The minimum absolute atomic E-state index is 0.115. The van der Waals surface area contributed by atoms with Crippen LogP contribution in [0.3, 0.4) is 0 Å². The van der Waals surface area contributed by atoms with E-state index in [0.717, 1.165) is 11.1 Å². The molecule has 1 saturated heterocycles. The molecule has 1 aliphatic heterocycles. The lowest BCUT2D eigenvalue weighted by Crippen LogP contribution is -2.52. The molecule has 1 aromatic rings. The van der Waals surface area contributed by atoms with Crippen LogP contribution in [0.25, 0.3) is 0 Å². The average Bonchev–Trinajstić information content (AvgIpc) is 3.20. The Labute approximate surface area is 197 Å². The molecule has 7 heteroatoms. The van der Waals surface area contributed by atoms with Crippen molar-refractivity contribution in [2.45, 2.75) is 56.5 Å². The van der Waals surface area contributed by atoms with Gasteiger partial charge in [0.15, 0.2) is 0 Å². The second-order valence-corrected chi connectivity index (χ2v) is 11.4. The number of carbonyl (C=O) groups excluding carboxylic acids is 2. The van der Waals surface area contributed by atoms with E-state index in [2.05, 4.69) is 11.9 Å². The molecule has 5 aliphatic rings. The van der Waals surface area contributed by atoms with E-state index in [9.17, 15) is 19.8 Å². The maximum atomic E-state index is 13.9. The largest absolute Gasteiger partial charge is 0.454 e. The molecule has 1 heterocycles. The minimum atomic E-state index is -1.22. The van der Waals surface area contributed by atoms with E-state index >= 15 is 0 Å². The number of carbonyl (C=O) groups is 2. The Morgan fingerprint density at radius 2 is 2.06 bits per heavy atom. The molecule has 0 unspecified atom stereocenters. The summed E-state index contributed by atoms with van der Waals surface area (Å²) in [5.74, 6) is -1.85. The highest BCUT2D eigenvalue weighted by Gasteiger charge is 2.83. The van der Waals surface area contributed by atoms with Crippen LogP contribution in [0.2, 0.25) is 5.02 Å². The lowest BCUT2D eigenvalue weighted by molar-refractivity contribution is -0.160. The van der Waals surface area contributed by atoms with Gasteiger partial charge in [-0.05, 0) is 67.4 Å². The highest BCUT2D eigenvalue weighted by atomic mass is 35.5. The van der Waals surface area contributed by atoms with Crippen molar-refractivity contribution in [1.29, 1.82) is 0 Å². The van der Waals surface area contributed by atoms with Crippen molar-refractivity contribution < 1.29 is 24.5 Å². The number of aliphatic hydroxyl groups is 2. The molecule has 8 atom stereocenters. The zero-order valence-electron chi connectivity index (χ0n) is 18.5. The Kier molecular flexibility index (Phi) is 4.21. The maximum Gasteiger partial charge on any atom is 0.316 e. The van der Waals surface area contributed by atoms with Gasteiger partial charge >= 0.3 is 5.97 Å². The summed E-state index contributed by atoms with van der Waals surface area (Å²) in [5.41, 5.74) is -2.07. The van der Waals surface area contributed by atoms with E-state index < -0.39 is 45.9 Å². The Morgan fingerprint density at radius 3 is 2.79 bits per heavy atom. The van der Waals surface area contributed by atoms with Gasteiger partial charge in [0, 0.05) is 23.4 Å². The summed E-state index contributed by atoms with van der Waals surface area (Å²) < 4.78 is 6.12. The predicted molar refractivity (Wildman–Crippen MR) is 121 cm³/mol. The van der Waals surface area contributed by atoms with Gasteiger partial charge in [0.25, 0.3) is 0 Å². The van der Waals surface area contributed by atoms with E-state index in [4.69, 9.17) is 16.3 Å². The van der Waals surface area contributed by atoms with E-state index in [1.165, 1.54) is 0 Å². The molecule has 1 amide bonds. The molecule has 1 aromatic carbocycles. The van der Waals surface area contributed by atoms with Gasteiger partial charge in [0.2, 0.25) is 5.91 Å². The second-order valence-electron chi connectivity index (χ2n) is 10.9. The topological polar surface area (TPSA) is 95.9 Å². The highest BCUT2D eigenvalue weighted by molar-refractivity contribution is 6.30. The molecule has 0 radical (unpaired) electrons. The zero-order chi connectivity index (χ0) is 23.4. The Hall–Kier alpha value is -2.15. The highest BCUT2D eigenvalue weighted by Crippen LogP contribution is 2.77. The van der Waals surface area contributed by atoms with Gasteiger partial charge in [-0.15, -0.1) is 0 Å². The van der Waals surface area contributed by atoms with Crippen LogP contribution >= 0.6 is 11.6 Å². The first-order valence-corrected chi connectivity index (χ1v) is 12.0. The molecule has 6 rings (SSSR count). The van der Waals surface area contributed by atoms with Crippen molar-refractivity contribution in [3.8, 4) is 0 Å². The summed E-state index contributed by atoms with van der Waals surface area (Å²) in [6, 6.07) is 7.28. The monoisotopic (exact) mass is 469 g/mol. The lowest BCUT2D eigenvalue weighted by Gasteiger charge is -2.44. The van der Waals surface area contributed by atoms with Crippen molar-refractivity contribution in [2.24, 2.45) is 28.6 Å². The molecule has 33 heavy (non-hydrogen) atoms. The van der Waals surface area contributed by atoms with Gasteiger partial charge in [-0.25, -0.2) is 0 Å². The molecule has 174 valence electrons. The first-order valence-electron chi connectivity index (χ1n) is 11.6. The number of esters is 1. The maximum absolute atomic E-state index is 13.9. The van der Waals surface area contributed by atoms with Gasteiger partial charge in [0.1, 0.15) is 11.0 Å². The minimum Gasteiger partial charge on any atom is -0.454 e. The number of rotatable bonds is 3. The number of hydrogen-bond acceptors (Lipinski definition) is 5. The number of hydrogen-bond donors (Lipinski definition) is 3. The van der Waals surface area contributed by atoms with Crippen molar-refractivity contribution in [3.63, 3.8) is 0 Å². The normalized spacial score (nSPS) is 46.7. The molecule has 6 nitrogen and oxygen atoms in total. The fourth-order valence-corrected chi connectivity index (χ4v) is 8.18. The van der Waals surface area contributed by atoms with Crippen molar-refractivity contribution in [1.82, 2.24) is 5.32 Å². The molecule has 3 saturated carbocycles. The van der Waals surface area contributed by atoms with E-state index in [1.807, 2.05) is 18.2 Å². The zero-order valence-corrected chi connectivity index (χ0v) is 19.3. The SMILES string of the molecule is C=C1C[C@]23C[C@@]1(O)CC[C@H]2[C@@]12C=C[C@H](O)[C@](C)(C(=O)O1)[C@H]2[C@@H]3C(=O)NCc1ccc(Cl)cc1. The fourth-order valence-electron chi connectivity index (χ4n) is 8.06. The molecule has 4 bridgehead atoms. The van der Waals surface area contributed by atoms with Crippen LogP contribution in [-0.4, -0.2) is 39.4 Å². The van der Waals surface area contributed by atoms with Crippen LogP contribution in [0.15, 0.2) is 48.6 Å². The molecular formula is C26H28ClNO5. The summed E-state index contributed by atoms with van der Waals surface area (Å²) in [7, 11) is 0. The molecule has 4 fully saturated rings. The van der Waals surface area contributed by atoms with Crippen LogP contribution < -0.4 is 5.32 Å². The van der Waals surface area contributed by atoms with E-state index in [-0.39, 0.29) is 11.8 Å². The van der Waals surface area contributed by atoms with Gasteiger partial charge in [-0.2, -0.15) is 0 Å². The quantitative estimate of drug-likeness (QED) is 0.467. The Bertz CT molecular complexity index is 1120. The average molecular weight is 470 g/mol. The van der Waals surface area contributed by atoms with Gasteiger partial charge < -0.3 is 20.3 Å². The smallest absolute Gasteiger partial charge is 0.316 e. The van der Waals surface area contributed by atoms with Gasteiger partial charge in [-0.1, -0.05) is 36.4 Å². The van der Waals surface area contributed by atoms with E-state index in [0.29, 0.717) is 37.3 Å². The third-order valence-corrected chi connectivity index (χ3v) is 9.77. The lowest BCUT2D eigenvalue weighted by atomic mass is 9.60. The first-order chi connectivity index (χ1) is 15.6.